The lowest BCUT2D eigenvalue weighted by atomic mass is 9.92. The lowest BCUT2D eigenvalue weighted by Gasteiger charge is -2.14. The van der Waals surface area contributed by atoms with Gasteiger partial charge < -0.3 is 0 Å². The Morgan fingerprint density at radius 2 is 0.607 bits per heavy atom. The monoisotopic (exact) mass is 714 g/mol. The average molecular weight is 715 g/mol. The normalized spacial score (nSPS) is 11.2. The number of rotatable bonds is 7. The van der Waals surface area contributed by atoms with E-state index in [0.717, 1.165) is 66.5 Å². The second-order valence-corrected chi connectivity index (χ2v) is 13.8. The van der Waals surface area contributed by atoms with Gasteiger partial charge in [0.05, 0.1) is 11.2 Å². The van der Waals surface area contributed by atoms with Crippen molar-refractivity contribution in [3.63, 3.8) is 0 Å². The summed E-state index contributed by atoms with van der Waals surface area (Å²) in [6.45, 7) is 0. The van der Waals surface area contributed by atoms with E-state index in [1.54, 1.807) is 0 Å². The van der Waals surface area contributed by atoms with Gasteiger partial charge in [0.1, 0.15) is 0 Å². The van der Waals surface area contributed by atoms with Crippen molar-refractivity contribution in [3.05, 3.63) is 206 Å². The fraction of sp³-hybridized carbons (Fsp3) is 0. The summed E-state index contributed by atoms with van der Waals surface area (Å²) >= 11 is 0. The van der Waals surface area contributed by atoms with Gasteiger partial charge in [-0.3, -0.25) is 0 Å². The number of pyridine rings is 1. The summed E-state index contributed by atoms with van der Waals surface area (Å²) in [5, 5.41) is 3.51. The minimum Gasteiger partial charge on any atom is -0.247 e. The maximum Gasteiger partial charge on any atom is 0.164 e. The Labute approximate surface area is 325 Å². The van der Waals surface area contributed by atoms with Crippen molar-refractivity contribution >= 4 is 21.7 Å². The first-order chi connectivity index (χ1) is 27.7. The van der Waals surface area contributed by atoms with E-state index >= 15 is 0 Å². The number of para-hydroxylation sites is 1. The number of fused-ring (bicyclic) bond motifs is 3. The number of nitrogens with zero attached hydrogens (tertiary/aromatic N) is 4. The molecule has 0 aliphatic rings. The molecule has 10 aromatic rings. The number of benzene rings is 8. The van der Waals surface area contributed by atoms with Gasteiger partial charge in [-0.15, -0.1) is 0 Å². The molecule has 56 heavy (non-hydrogen) atoms. The first-order valence-corrected chi connectivity index (χ1v) is 18.8. The highest BCUT2D eigenvalue weighted by Crippen LogP contribution is 2.39. The molecule has 0 saturated carbocycles. The van der Waals surface area contributed by atoms with Crippen LogP contribution in [-0.2, 0) is 0 Å². The summed E-state index contributed by atoms with van der Waals surface area (Å²) < 4.78 is 0. The van der Waals surface area contributed by atoms with Gasteiger partial charge in [-0.1, -0.05) is 200 Å². The Bertz CT molecular complexity index is 2960. The molecule has 0 N–H and O–H groups in total. The molecule has 0 amide bonds. The van der Waals surface area contributed by atoms with Gasteiger partial charge in [0.15, 0.2) is 17.5 Å². The summed E-state index contributed by atoms with van der Waals surface area (Å²) in [5.74, 6) is 1.92. The van der Waals surface area contributed by atoms with Gasteiger partial charge in [0.25, 0.3) is 0 Å². The Balaban J connectivity index is 0.988. The first kappa shape index (κ1) is 33.0. The summed E-state index contributed by atoms with van der Waals surface area (Å²) in [4.78, 5) is 20.0. The zero-order valence-electron chi connectivity index (χ0n) is 30.4. The highest BCUT2D eigenvalue weighted by atomic mass is 15.0. The van der Waals surface area contributed by atoms with Crippen LogP contribution in [0.4, 0.5) is 0 Å². The van der Waals surface area contributed by atoms with Gasteiger partial charge in [-0.25, -0.2) is 19.9 Å². The summed E-state index contributed by atoms with van der Waals surface area (Å²) in [6.07, 6.45) is 0. The highest BCUT2D eigenvalue weighted by Gasteiger charge is 2.16. The van der Waals surface area contributed by atoms with Crippen molar-refractivity contribution in [2.24, 2.45) is 0 Å². The van der Waals surface area contributed by atoms with Crippen molar-refractivity contribution in [1.29, 1.82) is 0 Å². The second kappa shape index (κ2) is 14.3. The Hall–Kier alpha value is -7.56. The lowest BCUT2D eigenvalue weighted by molar-refractivity contribution is 1.07. The van der Waals surface area contributed by atoms with Crippen molar-refractivity contribution in [2.45, 2.75) is 0 Å². The molecule has 0 spiro atoms. The second-order valence-electron chi connectivity index (χ2n) is 13.8. The quantitative estimate of drug-likeness (QED) is 0.154. The Kier molecular flexibility index (Phi) is 8.47. The van der Waals surface area contributed by atoms with Crippen LogP contribution in [0.15, 0.2) is 206 Å². The molecule has 8 aromatic carbocycles. The largest absolute Gasteiger partial charge is 0.247 e. The molecule has 0 radical (unpaired) electrons. The third kappa shape index (κ3) is 6.29. The topological polar surface area (TPSA) is 51.6 Å². The van der Waals surface area contributed by atoms with E-state index < -0.39 is 0 Å². The maximum atomic E-state index is 5.13. The molecule has 0 bridgehead atoms. The van der Waals surface area contributed by atoms with Crippen LogP contribution in [0.3, 0.4) is 0 Å². The van der Waals surface area contributed by atoms with Crippen molar-refractivity contribution in [1.82, 2.24) is 19.9 Å². The zero-order chi connectivity index (χ0) is 37.3. The minimum atomic E-state index is 0.635. The van der Waals surface area contributed by atoms with Crippen molar-refractivity contribution in [2.75, 3.05) is 0 Å². The van der Waals surface area contributed by atoms with Crippen LogP contribution < -0.4 is 0 Å². The Morgan fingerprint density at radius 3 is 1.14 bits per heavy atom. The highest BCUT2D eigenvalue weighted by molar-refractivity contribution is 6.17. The summed E-state index contributed by atoms with van der Waals surface area (Å²) in [6, 6.07) is 71.7. The van der Waals surface area contributed by atoms with Crippen LogP contribution in [-0.4, -0.2) is 19.9 Å². The molecule has 0 saturated heterocycles. The number of aromatic nitrogens is 4. The predicted molar refractivity (Wildman–Crippen MR) is 231 cm³/mol. The van der Waals surface area contributed by atoms with Gasteiger partial charge >= 0.3 is 0 Å². The van der Waals surface area contributed by atoms with Gasteiger partial charge in [-0.2, -0.15) is 0 Å². The molecule has 0 unspecified atom stereocenters. The average Bonchev–Trinajstić information content (AvgIpc) is 3.29. The molecule has 0 fully saturated rings. The molecule has 10 rings (SSSR count). The summed E-state index contributed by atoms with van der Waals surface area (Å²) in [7, 11) is 0. The van der Waals surface area contributed by atoms with Crippen LogP contribution >= 0.6 is 0 Å². The van der Waals surface area contributed by atoms with Crippen LogP contribution in [0.25, 0.3) is 100 Å². The maximum absolute atomic E-state index is 5.13. The standard InChI is InChI=1S/C52H34N4/c1-4-13-35(14-5-1)36-25-31-42(32-26-36)51-54-50(41-17-8-3-9-18-41)55-52(56-51)43-33-27-38(28-34-43)37-23-29-39(30-24-37)44-20-12-21-46-48(44)45-19-10-11-22-47(45)53-49(46)40-15-6-2-7-16-40/h1-34H. The molecule has 2 heterocycles. The van der Waals surface area contributed by atoms with E-state index in [0.29, 0.717) is 17.5 Å². The molecule has 2 aromatic heterocycles. The van der Waals surface area contributed by atoms with Crippen LogP contribution in [0.5, 0.6) is 0 Å². The van der Waals surface area contributed by atoms with Gasteiger partial charge in [0.2, 0.25) is 0 Å². The van der Waals surface area contributed by atoms with E-state index in [1.807, 2.05) is 42.5 Å². The third-order valence-electron chi connectivity index (χ3n) is 10.4. The van der Waals surface area contributed by atoms with Gasteiger partial charge in [-0.05, 0) is 39.4 Å². The fourth-order valence-electron chi connectivity index (χ4n) is 7.51. The van der Waals surface area contributed by atoms with E-state index in [1.165, 1.54) is 16.5 Å². The predicted octanol–water partition coefficient (Wildman–Crippen LogP) is 13.2. The van der Waals surface area contributed by atoms with E-state index in [4.69, 9.17) is 19.9 Å². The SMILES string of the molecule is c1ccc(-c2ccc(-c3nc(-c4ccccc4)nc(-c4ccc(-c5ccc(-c6cccc7c(-c8ccccc8)nc8ccccc8c67)cc5)cc4)n3)cc2)cc1. The molecule has 262 valence electrons. The van der Waals surface area contributed by atoms with Crippen LogP contribution in [0.1, 0.15) is 0 Å². The van der Waals surface area contributed by atoms with E-state index in [9.17, 15) is 0 Å². The molecule has 0 aliphatic heterocycles. The van der Waals surface area contributed by atoms with E-state index in [2.05, 4.69) is 164 Å². The molecule has 4 nitrogen and oxygen atoms in total. The molecule has 0 aliphatic carbocycles. The Morgan fingerprint density at radius 1 is 0.232 bits per heavy atom. The lowest BCUT2D eigenvalue weighted by Crippen LogP contribution is -2.00. The van der Waals surface area contributed by atoms with Crippen LogP contribution in [0, 0.1) is 0 Å². The molecular formula is C52H34N4. The number of hydrogen-bond acceptors (Lipinski definition) is 4. The third-order valence-corrected chi connectivity index (χ3v) is 10.4. The molecular weight excluding hydrogens is 681 g/mol. The first-order valence-electron chi connectivity index (χ1n) is 18.8. The van der Waals surface area contributed by atoms with Crippen LogP contribution in [0.2, 0.25) is 0 Å². The zero-order valence-corrected chi connectivity index (χ0v) is 30.4. The molecule has 4 heteroatoms. The molecule has 0 atom stereocenters. The number of hydrogen-bond donors (Lipinski definition) is 0. The van der Waals surface area contributed by atoms with E-state index in [-0.39, 0.29) is 0 Å². The fourth-order valence-corrected chi connectivity index (χ4v) is 7.51. The smallest absolute Gasteiger partial charge is 0.164 e. The summed E-state index contributed by atoms with van der Waals surface area (Å²) in [5.41, 5.74) is 12.8. The van der Waals surface area contributed by atoms with Crippen molar-refractivity contribution in [3.8, 4) is 78.8 Å². The van der Waals surface area contributed by atoms with Crippen molar-refractivity contribution < 1.29 is 0 Å². The minimum absolute atomic E-state index is 0.635. The van der Waals surface area contributed by atoms with Gasteiger partial charge in [0, 0.05) is 38.4 Å².